The van der Waals surface area contributed by atoms with Crippen LogP contribution in [0.2, 0.25) is 0 Å². The van der Waals surface area contributed by atoms with E-state index >= 15 is 0 Å². The van der Waals surface area contributed by atoms with E-state index in [9.17, 15) is 14.4 Å². The van der Waals surface area contributed by atoms with Crippen LogP contribution >= 0.6 is 0 Å². The van der Waals surface area contributed by atoms with Gasteiger partial charge in [-0.15, -0.1) is 0 Å². The topological polar surface area (TPSA) is 69.7 Å². The number of nitrogens with zero attached hydrogens (tertiary/aromatic N) is 2. The SMILES string of the molecule is CCCN1C(=O)N(C)C(=O)C1(C(=O)Nc1ccccc1)c1ccccc1. The van der Waals surface area contributed by atoms with Crippen LogP contribution in [0.3, 0.4) is 0 Å². The third-order valence-corrected chi connectivity index (χ3v) is 4.54. The van der Waals surface area contributed by atoms with E-state index in [-0.39, 0.29) is 0 Å². The number of hydrogen-bond acceptors (Lipinski definition) is 3. The van der Waals surface area contributed by atoms with E-state index in [2.05, 4.69) is 5.32 Å². The van der Waals surface area contributed by atoms with Crippen molar-refractivity contribution in [1.29, 1.82) is 0 Å². The first-order chi connectivity index (χ1) is 12.5. The molecule has 4 amide bonds. The van der Waals surface area contributed by atoms with E-state index in [0.717, 1.165) is 4.90 Å². The van der Waals surface area contributed by atoms with Gasteiger partial charge in [0, 0.05) is 19.3 Å². The first-order valence-electron chi connectivity index (χ1n) is 8.55. The molecule has 6 nitrogen and oxygen atoms in total. The monoisotopic (exact) mass is 351 g/mol. The van der Waals surface area contributed by atoms with Gasteiger partial charge in [0.15, 0.2) is 0 Å². The van der Waals surface area contributed by atoms with Gasteiger partial charge in [0.2, 0.25) is 5.54 Å². The van der Waals surface area contributed by atoms with Gasteiger partial charge >= 0.3 is 6.03 Å². The molecule has 134 valence electrons. The number of likely N-dealkylation sites (N-methyl/N-ethyl adjacent to an activating group) is 1. The van der Waals surface area contributed by atoms with E-state index < -0.39 is 23.4 Å². The number of amides is 4. The molecule has 0 bridgehead atoms. The molecule has 1 atom stereocenters. The first-order valence-corrected chi connectivity index (χ1v) is 8.55. The Hall–Kier alpha value is -3.15. The molecule has 1 N–H and O–H groups in total. The highest BCUT2D eigenvalue weighted by Gasteiger charge is 2.62. The summed E-state index contributed by atoms with van der Waals surface area (Å²) in [4.78, 5) is 41.6. The molecule has 0 spiro atoms. The van der Waals surface area contributed by atoms with Crippen LogP contribution in [0.25, 0.3) is 0 Å². The van der Waals surface area contributed by atoms with Crippen LogP contribution < -0.4 is 5.32 Å². The summed E-state index contributed by atoms with van der Waals surface area (Å²) in [5, 5.41) is 2.80. The van der Waals surface area contributed by atoms with Crippen molar-refractivity contribution in [3.05, 3.63) is 66.2 Å². The third-order valence-electron chi connectivity index (χ3n) is 4.54. The molecule has 1 fully saturated rings. The van der Waals surface area contributed by atoms with Crippen molar-refractivity contribution in [3.8, 4) is 0 Å². The molecule has 2 aromatic carbocycles. The molecular formula is C20H21N3O3. The molecule has 0 aliphatic carbocycles. The second-order valence-electron chi connectivity index (χ2n) is 6.19. The summed E-state index contributed by atoms with van der Waals surface area (Å²) < 4.78 is 0. The van der Waals surface area contributed by atoms with Crippen LogP contribution in [0.5, 0.6) is 0 Å². The van der Waals surface area contributed by atoms with E-state index in [4.69, 9.17) is 0 Å². The Balaban J connectivity index is 2.15. The Morgan fingerprint density at radius 3 is 2.15 bits per heavy atom. The lowest BCUT2D eigenvalue weighted by molar-refractivity contribution is -0.141. The van der Waals surface area contributed by atoms with Gasteiger partial charge < -0.3 is 5.32 Å². The fourth-order valence-electron chi connectivity index (χ4n) is 3.31. The molecule has 0 aromatic heterocycles. The van der Waals surface area contributed by atoms with Gasteiger partial charge in [-0.25, -0.2) is 4.79 Å². The molecule has 0 radical (unpaired) electrons. The average molecular weight is 351 g/mol. The number of rotatable bonds is 5. The molecule has 1 saturated heterocycles. The maximum Gasteiger partial charge on any atom is 0.328 e. The zero-order chi connectivity index (χ0) is 18.7. The predicted octanol–water partition coefficient (Wildman–Crippen LogP) is 2.82. The van der Waals surface area contributed by atoms with Crippen molar-refractivity contribution in [3.63, 3.8) is 0 Å². The number of hydrogen-bond donors (Lipinski definition) is 1. The van der Waals surface area contributed by atoms with Crippen LogP contribution in [0.1, 0.15) is 18.9 Å². The number of urea groups is 1. The highest BCUT2D eigenvalue weighted by atomic mass is 16.2. The summed E-state index contributed by atoms with van der Waals surface area (Å²) in [6.45, 7) is 2.20. The van der Waals surface area contributed by atoms with E-state index in [1.807, 2.05) is 13.0 Å². The summed E-state index contributed by atoms with van der Waals surface area (Å²) in [6.07, 6.45) is 0.625. The van der Waals surface area contributed by atoms with E-state index in [1.165, 1.54) is 11.9 Å². The van der Waals surface area contributed by atoms with Gasteiger partial charge in [0.1, 0.15) is 0 Å². The minimum absolute atomic E-state index is 0.298. The summed E-state index contributed by atoms with van der Waals surface area (Å²) in [5.41, 5.74) is -0.664. The molecule has 1 aliphatic rings. The maximum atomic E-state index is 13.4. The number of anilines is 1. The average Bonchev–Trinajstić information content (AvgIpc) is 2.86. The van der Waals surface area contributed by atoms with Crippen molar-refractivity contribution in [2.75, 3.05) is 18.9 Å². The number of carbonyl (C=O) groups excluding carboxylic acids is 3. The Labute approximate surface area is 152 Å². The molecule has 26 heavy (non-hydrogen) atoms. The number of imide groups is 1. The molecule has 3 rings (SSSR count). The fraction of sp³-hybridized carbons (Fsp3) is 0.250. The second-order valence-corrected chi connectivity index (χ2v) is 6.19. The lowest BCUT2D eigenvalue weighted by Crippen LogP contribution is -2.55. The van der Waals surface area contributed by atoms with Crippen molar-refractivity contribution in [1.82, 2.24) is 9.80 Å². The lowest BCUT2D eigenvalue weighted by atomic mass is 9.86. The molecule has 1 unspecified atom stereocenters. The zero-order valence-electron chi connectivity index (χ0n) is 14.8. The number of nitrogens with one attached hydrogen (secondary N) is 1. The van der Waals surface area contributed by atoms with Crippen molar-refractivity contribution in [2.45, 2.75) is 18.9 Å². The minimum Gasteiger partial charge on any atom is -0.323 e. The molecule has 1 aliphatic heterocycles. The summed E-state index contributed by atoms with van der Waals surface area (Å²) >= 11 is 0. The van der Waals surface area contributed by atoms with E-state index in [1.54, 1.807) is 54.6 Å². The number of carbonyl (C=O) groups is 3. The van der Waals surface area contributed by atoms with Crippen molar-refractivity contribution in [2.24, 2.45) is 0 Å². The van der Waals surface area contributed by atoms with Crippen molar-refractivity contribution < 1.29 is 14.4 Å². The first kappa shape index (κ1) is 17.7. The predicted molar refractivity (Wildman–Crippen MR) is 98.4 cm³/mol. The number of para-hydroxylation sites is 1. The van der Waals surface area contributed by atoms with Gasteiger partial charge in [0.25, 0.3) is 11.8 Å². The highest BCUT2D eigenvalue weighted by Crippen LogP contribution is 2.38. The summed E-state index contributed by atoms with van der Waals surface area (Å²) in [5.74, 6) is -1.08. The minimum atomic E-state index is -1.71. The second kappa shape index (κ2) is 7.00. The smallest absolute Gasteiger partial charge is 0.323 e. The Bertz CT molecular complexity index is 823. The van der Waals surface area contributed by atoms with Gasteiger partial charge in [0.05, 0.1) is 0 Å². The molecule has 0 saturated carbocycles. The van der Waals surface area contributed by atoms with Crippen LogP contribution in [0.15, 0.2) is 60.7 Å². The Morgan fingerprint density at radius 1 is 1.00 bits per heavy atom. The Morgan fingerprint density at radius 2 is 1.58 bits per heavy atom. The van der Waals surface area contributed by atoms with Gasteiger partial charge in [-0.1, -0.05) is 55.5 Å². The van der Waals surface area contributed by atoms with E-state index in [0.29, 0.717) is 24.2 Å². The van der Waals surface area contributed by atoms with Crippen LogP contribution in [0, 0.1) is 0 Å². The highest BCUT2D eigenvalue weighted by molar-refractivity contribution is 6.23. The summed E-state index contributed by atoms with van der Waals surface area (Å²) in [7, 11) is 1.41. The fourth-order valence-corrected chi connectivity index (χ4v) is 3.31. The van der Waals surface area contributed by atoms with Gasteiger partial charge in [-0.3, -0.25) is 19.4 Å². The summed E-state index contributed by atoms with van der Waals surface area (Å²) in [6, 6.07) is 17.2. The third kappa shape index (κ3) is 2.63. The van der Waals surface area contributed by atoms with Crippen LogP contribution in [-0.2, 0) is 15.1 Å². The normalized spacial score (nSPS) is 19.8. The lowest BCUT2D eigenvalue weighted by Gasteiger charge is -2.34. The Kier molecular flexibility index (Phi) is 4.75. The molecule has 6 heteroatoms. The van der Waals surface area contributed by atoms with Gasteiger partial charge in [-0.05, 0) is 24.1 Å². The van der Waals surface area contributed by atoms with Crippen LogP contribution in [0.4, 0.5) is 10.5 Å². The molecule has 1 heterocycles. The zero-order valence-corrected chi connectivity index (χ0v) is 14.8. The number of benzene rings is 2. The van der Waals surface area contributed by atoms with Gasteiger partial charge in [-0.2, -0.15) is 0 Å². The maximum absolute atomic E-state index is 13.4. The van der Waals surface area contributed by atoms with Crippen LogP contribution in [-0.4, -0.2) is 41.2 Å². The molecule has 2 aromatic rings. The molecular weight excluding hydrogens is 330 g/mol. The largest absolute Gasteiger partial charge is 0.328 e. The standard InChI is InChI=1S/C20H21N3O3/c1-3-14-23-19(26)22(2)18(25)20(23,15-10-6-4-7-11-15)17(24)21-16-12-8-5-9-13-16/h4-13H,3,14H2,1-2H3,(H,21,24). The quantitative estimate of drug-likeness (QED) is 0.665. The van der Waals surface area contributed by atoms with Crippen molar-refractivity contribution >= 4 is 23.5 Å².